The number of aromatic amines is 1. The summed E-state index contributed by atoms with van der Waals surface area (Å²) in [5.41, 5.74) is 6.34. The number of morpholine rings is 1. The average Bonchev–Trinajstić information content (AvgIpc) is 2.90. The molecule has 1 unspecified atom stereocenters. The summed E-state index contributed by atoms with van der Waals surface area (Å²) in [4.78, 5) is 20.9. The first kappa shape index (κ1) is 22.8. The second-order valence-electron chi connectivity index (χ2n) is 8.99. The Morgan fingerprint density at radius 1 is 1.11 bits per heavy atom. The van der Waals surface area contributed by atoms with E-state index in [9.17, 15) is 4.79 Å². The highest BCUT2D eigenvalue weighted by atomic mass is 79.9. The number of aromatic nitrogens is 2. The normalized spacial score (nSPS) is 16.6. The Balaban J connectivity index is 1.20. The Hall–Kier alpha value is -3.62. The molecule has 1 atom stereocenters. The van der Waals surface area contributed by atoms with Gasteiger partial charge in [-0.15, -0.1) is 0 Å². The van der Waals surface area contributed by atoms with Gasteiger partial charge in [-0.25, -0.2) is 4.98 Å². The lowest BCUT2D eigenvalue weighted by Gasteiger charge is -2.36. The molecular formula is C28H25BrN4O3. The number of nitrogens with zero attached hydrogens (tertiary/aromatic N) is 2. The number of pyridine rings is 2. The number of hydrogen-bond donors (Lipinski definition) is 2. The predicted octanol–water partition coefficient (Wildman–Crippen LogP) is 5.42. The molecule has 4 heterocycles. The SMILES string of the molecule is O=c1cc(N2CCOC(c3cccc4c3Oc3ccc(NCc5ccnc(Br)c5)cc3C4)C2)cc[nH]1. The van der Waals surface area contributed by atoms with Gasteiger partial charge in [-0.2, -0.15) is 0 Å². The average molecular weight is 545 g/mol. The molecule has 4 aromatic rings. The third-order valence-electron chi connectivity index (χ3n) is 6.61. The van der Waals surface area contributed by atoms with Gasteiger partial charge in [0.2, 0.25) is 5.56 Å². The van der Waals surface area contributed by atoms with Gasteiger partial charge in [0.1, 0.15) is 22.2 Å². The minimum absolute atomic E-state index is 0.102. The number of nitrogens with one attached hydrogen (secondary N) is 2. The fourth-order valence-electron chi connectivity index (χ4n) is 4.82. The molecule has 1 fully saturated rings. The van der Waals surface area contributed by atoms with Crippen LogP contribution in [0.25, 0.3) is 0 Å². The van der Waals surface area contributed by atoms with E-state index in [0.29, 0.717) is 19.7 Å². The van der Waals surface area contributed by atoms with Gasteiger partial charge < -0.3 is 24.7 Å². The summed E-state index contributed by atoms with van der Waals surface area (Å²) in [5, 5.41) is 3.50. The van der Waals surface area contributed by atoms with Crippen LogP contribution in [0, 0.1) is 0 Å². The monoisotopic (exact) mass is 544 g/mol. The summed E-state index contributed by atoms with van der Waals surface area (Å²) in [6, 6.07) is 20.1. The molecule has 2 aliphatic rings. The number of halogens is 1. The van der Waals surface area contributed by atoms with E-state index in [2.05, 4.69) is 66.4 Å². The number of benzene rings is 2. The van der Waals surface area contributed by atoms with Crippen LogP contribution in [0.4, 0.5) is 11.4 Å². The van der Waals surface area contributed by atoms with E-state index < -0.39 is 0 Å². The topological polar surface area (TPSA) is 79.5 Å². The lowest BCUT2D eigenvalue weighted by molar-refractivity contribution is 0.0384. The number of fused-ring (bicyclic) bond motifs is 2. The van der Waals surface area contributed by atoms with Gasteiger partial charge >= 0.3 is 0 Å². The molecule has 2 aromatic carbocycles. The Morgan fingerprint density at radius 2 is 2.06 bits per heavy atom. The van der Waals surface area contributed by atoms with Gasteiger partial charge in [0, 0.05) is 67.0 Å². The zero-order valence-electron chi connectivity index (χ0n) is 19.5. The maximum absolute atomic E-state index is 11.8. The Morgan fingerprint density at radius 3 is 2.94 bits per heavy atom. The van der Waals surface area contributed by atoms with Gasteiger partial charge in [0.25, 0.3) is 0 Å². The van der Waals surface area contributed by atoms with Crippen molar-refractivity contribution in [3.8, 4) is 11.5 Å². The van der Waals surface area contributed by atoms with Crippen molar-refractivity contribution in [2.75, 3.05) is 29.9 Å². The standard InChI is InChI=1S/C28H25BrN4O3/c29-26-12-18(6-8-30-26)16-32-21-4-5-24-20(14-21)13-19-2-1-3-23(28(19)36-24)25-17-33(10-11-35-25)22-7-9-31-27(34)15-22/h1-9,12,14-15,25,32H,10-11,13,16-17H2,(H,31,34). The first-order chi connectivity index (χ1) is 17.6. The maximum Gasteiger partial charge on any atom is 0.249 e. The molecule has 2 aromatic heterocycles. The Kier molecular flexibility index (Phi) is 6.21. The summed E-state index contributed by atoms with van der Waals surface area (Å²) in [6.45, 7) is 2.69. The second-order valence-corrected chi connectivity index (χ2v) is 9.81. The van der Waals surface area contributed by atoms with E-state index in [0.717, 1.165) is 62.7 Å². The van der Waals surface area contributed by atoms with E-state index in [-0.39, 0.29) is 11.7 Å². The van der Waals surface area contributed by atoms with E-state index in [4.69, 9.17) is 9.47 Å². The van der Waals surface area contributed by atoms with Gasteiger partial charge in [-0.3, -0.25) is 4.79 Å². The lowest BCUT2D eigenvalue weighted by atomic mass is 9.95. The van der Waals surface area contributed by atoms with Crippen LogP contribution in [0.3, 0.4) is 0 Å². The van der Waals surface area contributed by atoms with Crippen molar-refractivity contribution in [1.82, 2.24) is 9.97 Å². The molecule has 0 aliphatic carbocycles. The van der Waals surface area contributed by atoms with Gasteiger partial charge in [0.05, 0.1) is 6.61 Å². The Labute approximate surface area is 217 Å². The molecule has 1 saturated heterocycles. The Bertz CT molecular complexity index is 1470. The van der Waals surface area contributed by atoms with Crippen LogP contribution in [0.1, 0.15) is 28.4 Å². The molecule has 36 heavy (non-hydrogen) atoms. The van der Waals surface area contributed by atoms with Crippen molar-refractivity contribution < 1.29 is 9.47 Å². The third-order valence-corrected chi connectivity index (χ3v) is 7.04. The van der Waals surface area contributed by atoms with E-state index in [1.165, 1.54) is 0 Å². The number of anilines is 2. The van der Waals surface area contributed by atoms with Crippen LogP contribution in [0.15, 0.2) is 82.5 Å². The van der Waals surface area contributed by atoms with Crippen molar-refractivity contribution in [1.29, 1.82) is 0 Å². The minimum atomic E-state index is -0.143. The zero-order valence-corrected chi connectivity index (χ0v) is 21.1. The summed E-state index contributed by atoms with van der Waals surface area (Å²) in [6.07, 6.45) is 4.13. The summed E-state index contributed by atoms with van der Waals surface area (Å²) >= 11 is 3.42. The summed E-state index contributed by atoms with van der Waals surface area (Å²) in [5.74, 6) is 1.75. The molecule has 0 bridgehead atoms. The first-order valence-corrected chi connectivity index (χ1v) is 12.7. The second kappa shape index (κ2) is 9.79. The molecule has 0 saturated carbocycles. The van der Waals surface area contributed by atoms with E-state index in [1.807, 2.05) is 24.3 Å². The summed E-state index contributed by atoms with van der Waals surface area (Å²) in [7, 11) is 0. The third kappa shape index (κ3) is 4.74. The number of para-hydroxylation sites is 1. The quantitative estimate of drug-likeness (QED) is 0.287. The number of ether oxygens (including phenoxy) is 2. The van der Waals surface area contributed by atoms with Crippen LogP contribution in [0.2, 0.25) is 0 Å². The van der Waals surface area contributed by atoms with Gasteiger partial charge in [0.15, 0.2) is 0 Å². The molecule has 182 valence electrons. The van der Waals surface area contributed by atoms with E-state index >= 15 is 0 Å². The van der Waals surface area contributed by atoms with Crippen molar-refractivity contribution in [2.24, 2.45) is 0 Å². The highest BCUT2D eigenvalue weighted by molar-refractivity contribution is 9.10. The molecule has 6 rings (SSSR count). The molecule has 0 amide bonds. The highest BCUT2D eigenvalue weighted by Gasteiger charge is 2.28. The molecular weight excluding hydrogens is 520 g/mol. The van der Waals surface area contributed by atoms with E-state index in [1.54, 1.807) is 18.5 Å². The highest BCUT2D eigenvalue weighted by Crippen LogP contribution is 2.43. The van der Waals surface area contributed by atoms with Crippen molar-refractivity contribution in [3.63, 3.8) is 0 Å². The van der Waals surface area contributed by atoms with Crippen LogP contribution in [-0.2, 0) is 17.7 Å². The molecule has 0 spiro atoms. The molecule has 2 aliphatic heterocycles. The molecule has 0 radical (unpaired) electrons. The largest absolute Gasteiger partial charge is 0.456 e. The fourth-order valence-corrected chi connectivity index (χ4v) is 5.24. The van der Waals surface area contributed by atoms with Crippen LogP contribution in [-0.4, -0.2) is 29.7 Å². The lowest BCUT2D eigenvalue weighted by Crippen LogP contribution is -2.39. The van der Waals surface area contributed by atoms with Gasteiger partial charge in [-0.05, 0) is 63.5 Å². The van der Waals surface area contributed by atoms with Crippen molar-refractivity contribution >= 4 is 27.3 Å². The number of rotatable bonds is 5. The zero-order chi connectivity index (χ0) is 24.5. The number of hydrogen-bond acceptors (Lipinski definition) is 6. The minimum Gasteiger partial charge on any atom is -0.456 e. The summed E-state index contributed by atoms with van der Waals surface area (Å²) < 4.78 is 13.5. The van der Waals surface area contributed by atoms with Gasteiger partial charge in [-0.1, -0.05) is 18.2 Å². The van der Waals surface area contributed by atoms with Crippen LogP contribution < -0.4 is 20.5 Å². The smallest absolute Gasteiger partial charge is 0.249 e. The maximum atomic E-state index is 11.8. The fraction of sp³-hybridized carbons (Fsp3) is 0.214. The van der Waals surface area contributed by atoms with Crippen LogP contribution in [0.5, 0.6) is 11.5 Å². The molecule has 8 heteroatoms. The molecule has 7 nitrogen and oxygen atoms in total. The first-order valence-electron chi connectivity index (χ1n) is 11.9. The van der Waals surface area contributed by atoms with Crippen molar-refractivity contribution in [3.05, 3.63) is 110 Å². The number of H-pyrrole nitrogens is 1. The van der Waals surface area contributed by atoms with Crippen LogP contribution >= 0.6 is 15.9 Å². The van der Waals surface area contributed by atoms with Crippen molar-refractivity contribution in [2.45, 2.75) is 19.1 Å². The predicted molar refractivity (Wildman–Crippen MR) is 143 cm³/mol. The molecule has 2 N–H and O–H groups in total.